The molecular weight excluding hydrogens is 236 g/mol. The average molecular weight is 243 g/mol. The molecule has 0 aromatic heterocycles. The van der Waals surface area contributed by atoms with E-state index in [1.165, 1.54) is 12.1 Å². The molecule has 0 saturated carbocycles. The van der Waals surface area contributed by atoms with Crippen molar-refractivity contribution in [1.82, 2.24) is 0 Å². The summed E-state index contributed by atoms with van der Waals surface area (Å²) in [6.45, 7) is 0.391. The molecule has 0 bridgehead atoms. The SMILES string of the molecule is O=C1CCOc2cc(O)cc(Br)c21. The van der Waals surface area contributed by atoms with Gasteiger partial charge in [0.05, 0.1) is 12.2 Å². The lowest BCUT2D eigenvalue weighted by atomic mass is 10.1. The molecule has 0 aliphatic carbocycles. The molecule has 0 fully saturated rings. The maximum Gasteiger partial charge on any atom is 0.171 e. The fourth-order valence-electron chi connectivity index (χ4n) is 1.33. The van der Waals surface area contributed by atoms with E-state index in [1.54, 1.807) is 0 Å². The molecule has 1 N–H and O–H groups in total. The fraction of sp³-hybridized carbons (Fsp3) is 0.222. The van der Waals surface area contributed by atoms with E-state index in [1.807, 2.05) is 0 Å². The number of ether oxygens (including phenoxy) is 1. The molecule has 1 heterocycles. The molecular formula is C9H7BrO3. The molecule has 1 aromatic rings. The van der Waals surface area contributed by atoms with Gasteiger partial charge in [-0.3, -0.25) is 4.79 Å². The van der Waals surface area contributed by atoms with Gasteiger partial charge in [-0.25, -0.2) is 0 Å². The number of carbonyl (C=O) groups excluding carboxylic acids is 1. The summed E-state index contributed by atoms with van der Waals surface area (Å²) < 4.78 is 5.83. The summed E-state index contributed by atoms with van der Waals surface area (Å²) in [6.07, 6.45) is 0.399. The van der Waals surface area contributed by atoms with E-state index < -0.39 is 0 Å². The van der Waals surface area contributed by atoms with Crippen molar-refractivity contribution in [2.24, 2.45) is 0 Å². The zero-order chi connectivity index (χ0) is 9.42. The van der Waals surface area contributed by atoms with Gasteiger partial charge in [0.2, 0.25) is 0 Å². The molecule has 68 valence electrons. The fourth-order valence-corrected chi connectivity index (χ4v) is 1.98. The van der Waals surface area contributed by atoms with E-state index in [0.29, 0.717) is 28.8 Å². The second-order valence-electron chi connectivity index (χ2n) is 2.82. The monoisotopic (exact) mass is 242 g/mol. The summed E-state index contributed by atoms with van der Waals surface area (Å²) in [7, 11) is 0. The van der Waals surface area contributed by atoms with Crippen molar-refractivity contribution in [1.29, 1.82) is 0 Å². The van der Waals surface area contributed by atoms with Crippen molar-refractivity contribution in [2.75, 3.05) is 6.61 Å². The number of aromatic hydroxyl groups is 1. The van der Waals surface area contributed by atoms with E-state index >= 15 is 0 Å². The predicted octanol–water partition coefficient (Wildman–Crippen LogP) is 2.12. The van der Waals surface area contributed by atoms with Gasteiger partial charge >= 0.3 is 0 Å². The number of phenolic OH excluding ortho intramolecular Hbond substituents is 1. The standard InChI is InChI=1S/C9H7BrO3/c10-6-3-5(11)4-8-9(6)7(12)1-2-13-8/h3-4,11H,1-2H2. The van der Waals surface area contributed by atoms with Gasteiger partial charge in [-0.15, -0.1) is 0 Å². The molecule has 3 nitrogen and oxygen atoms in total. The quantitative estimate of drug-likeness (QED) is 0.759. The van der Waals surface area contributed by atoms with Crippen molar-refractivity contribution in [2.45, 2.75) is 6.42 Å². The highest BCUT2D eigenvalue weighted by Crippen LogP contribution is 2.34. The first-order valence-electron chi connectivity index (χ1n) is 3.87. The maximum absolute atomic E-state index is 11.4. The Morgan fingerprint density at radius 3 is 3.00 bits per heavy atom. The minimum atomic E-state index is 0.0492. The lowest BCUT2D eigenvalue weighted by molar-refractivity contribution is 0.0932. The van der Waals surface area contributed by atoms with E-state index in [4.69, 9.17) is 4.74 Å². The Morgan fingerprint density at radius 1 is 1.46 bits per heavy atom. The number of halogens is 1. The van der Waals surface area contributed by atoms with Crippen molar-refractivity contribution < 1.29 is 14.6 Å². The Hall–Kier alpha value is -1.03. The van der Waals surface area contributed by atoms with Crippen LogP contribution in [0.1, 0.15) is 16.8 Å². The van der Waals surface area contributed by atoms with Crippen LogP contribution >= 0.6 is 15.9 Å². The number of benzene rings is 1. The third-order valence-corrected chi connectivity index (χ3v) is 2.53. The predicted molar refractivity (Wildman–Crippen MR) is 50.2 cm³/mol. The Kier molecular flexibility index (Phi) is 2.00. The van der Waals surface area contributed by atoms with E-state index in [2.05, 4.69) is 15.9 Å². The van der Waals surface area contributed by atoms with Crippen LogP contribution in [0, 0.1) is 0 Å². The molecule has 0 saturated heterocycles. The van der Waals surface area contributed by atoms with Gasteiger partial charge in [-0.1, -0.05) is 0 Å². The first-order valence-corrected chi connectivity index (χ1v) is 4.66. The van der Waals surface area contributed by atoms with Crippen molar-refractivity contribution >= 4 is 21.7 Å². The van der Waals surface area contributed by atoms with Crippen LogP contribution in [0.4, 0.5) is 0 Å². The van der Waals surface area contributed by atoms with Crippen LogP contribution in [-0.4, -0.2) is 17.5 Å². The highest BCUT2D eigenvalue weighted by Gasteiger charge is 2.21. The first-order chi connectivity index (χ1) is 6.18. The van der Waals surface area contributed by atoms with Crippen LogP contribution in [-0.2, 0) is 0 Å². The Bertz CT molecular complexity index is 373. The van der Waals surface area contributed by atoms with E-state index in [0.717, 1.165) is 0 Å². The van der Waals surface area contributed by atoms with Gasteiger partial charge in [0.25, 0.3) is 0 Å². The lowest BCUT2D eigenvalue weighted by Gasteiger charge is -2.17. The zero-order valence-corrected chi connectivity index (χ0v) is 8.30. The minimum Gasteiger partial charge on any atom is -0.508 e. The molecule has 0 radical (unpaired) electrons. The second-order valence-corrected chi connectivity index (χ2v) is 3.68. The first kappa shape index (κ1) is 8.56. The smallest absolute Gasteiger partial charge is 0.171 e. The number of carbonyl (C=O) groups is 1. The van der Waals surface area contributed by atoms with Crippen LogP contribution in [0.25, 0.3) is 0 Å². The van der Waals surface area contributed by atoms with Crippen molar-refractivity contribution in [3.63, 3.8) is 0 Å². The summed E-state index contributed by atoms with van der Waals surface area (Å²) in [5, 5.41) is 9.23. The molecule has 1 aliphatic rings. The topological polar surface area (TPSA) is 46.5 Å². The molecule has 2 rings (SSSR count). The van der Waals surface area contributed by atoms with E-state index in [9.17, 15) is 9.90 Å². The maximum atomic E-state index is 11.4. The van der Waals surface area contributed by atoms with Crippen LogP contribution in [0.15, 0.2) is 16.6 Å². The van der Waals surface area contributed by atoms with Gasteiger partial charge in [0.15, 0.2) is 5.78 Å². The van der Waals surface area contributed by atoms with Crippen molar-refractivity contribution in [3.8, 4) is 11.5 Å². The average Bonchev–Trinajstić information content (AvgIpc) is 2.02. The Labute approximate surface area is 83.5 Å². The summed E-state index contributed by atoms with van der Waals surface area (Å²) in [6, 6.07) is 2.95. The number of ketones is 1. The van der Waals surface area contributed by atoms with Gasteiger partial charge in [-0.2, -0.15) is 0 Å². The summed E-state index contributed by atoms with van der Waals surface area (Å²) in [4.78, 5) is 11.4. The van der Waals surface area contributed by atoms with Crippen LogP contribution in [0.2, 0.25) is 0 Å². The normalized spacial score (nSPS) is 15.0. The third-order valence-electron chi connectivity index (χ3n) is 1.90. The number of rotatable bonds is 0. The second kappa shape index (κ2) is 3.03. The molecule has 0 amide bonds. The van der Waals surface area contributed by atoms with Crippen LogP contribution in [0.3, 0.4) is 0 Å². The zero-order valence-electron chi connectivity index (χ0n) is 6.71. The van der Waals surface area contributed by atoms with Gasteiger partial charge in [0, 0.05) is 17.0 Å². The Morgan fingerprint density at radius 2 is 2.23 bits per heavy atom. The molecule has 4 heteroatoms. The van der Waals surface area contributed by atoms with E-state index in [-0.39, 0.29) is 11.5 Å². The summed E-state index contributed by atoms with van der Waals surface area (Å²) in [5.41, 5.74) is 0.532. The molecule has 13 heavy (non-hydrogen) atoms. The highest BCUT2D eigenvalue weighted by atomic mass is 79.9. The van der Waals surface area contributed by atoms with Gasteiger partial charge in [0.1, 0.15) is 11.5 Å². The molecule has 0 unspecified atom stereocenters. The molecule has 1 aliphatic heterocycles. The third kappa shape index (κ3) is 1.42. The van der Waals surface area contributed by atoms with Gasteiger partial charge < -0.3 is 9.84 Å². The number of fused-ring (bicyclic) bond motifs is 1. The highest BCUT2D eigenvalue weighted by molar-refractivity contribution is 9.10. The summed E-state index contributed by atoms with van der Waals surface area (Å²) >= 11 is 3.21. The summed E-state index contributed by atoms with van der Waals surface area (Å²) in [5.74, 6) is 0.608. The molecule has 1 aromatic carbocycles. The number of hydrogen-bond acceptors (Lipinski definition) is 3. The lowest BCUT2D eigenvalue weighted by Crippen LogP contribution is -2.15. The Balaban J connectivity index is 2.63. The van der Waals surface area contributed by atoms with Gasteiger partial charge in [-0.05, 0) is 22.0 Å². The minimum absolute atomic E-state index is 0.0492. The molecule has 0 atom stereocenters. The largest absolute Gasteiger partial charge is 0.508 e. The van der Waals surface area contributed by atoms with Crippen LogP contribution in [0.5, 0.6) is 11.5 Å². The number of hydrogen-bond donors (Lipinski definition) is 1. The van der Waals surface area contributed by atoms with Crippen LogP contribution < -0.4 is 4.74 Å². The van der Waals surface area contributed by atoms with Crippen molar-refractivity contribution in [3.05, 3.63) is 22.2 Å². The number of phenols is 1. The number of Topliss-reactive ketones (excluding diaryl/α,β-unsaturated/α-hetero) is 1. The molecule has 0 spiro atoms.